The summed E-state index contributed by atoms with van der Waals surface area (Å²) in [5.41, 5.74) is 0.683. The van der Waals surface area contributed by atoms with Crippen molar-refractivity contribution in [2.24, 2.45) is 0 Å². The average Bonchev–Trinajstić information content (AvgIpc) is 2.47. The minimum atomic E-state index is -0.984. The molecule has 0 aromatic carbocycles. The maximum Gasteiger partial charge on any atom is 0.311 e. The minimum Gasteiger partial charge on any atom is -0.481 e. The first-order valence-electron chi connectivity index (χ1n) is 4.00. The molecule has 0 fully saturated rings. The summed E-state index contributed by atoms with van der Waals surface area (Å²) in [7, 11) is 0. The molecule has 72 valence electrons. The molecule has 2 aromatic rings. The fourth-order valence-corrected chi connectivity index (χ4v) is 1.28. The van der Waals surface area contributed by atoms with Gasteiger partial charge in [0.2, 0.25) is 0 Å². The Kier molecular flexibility index (Phi) is 1.92. The maximum absolute atomic E-state index is 12.8. The van der Waals surface area contributed by atoms with Crippen molar-refractivity contribution in [3.8, 4) is 0 Å². The van der Waals surface area contributed by atoms with Crippen LogP contribution < -0.4 is 0 Å². The summed E-state index contributed by atoms with van der Waals surface area (Å²) in [6, 6.07) is 2.86. The van der Waals surface area contributed by atoms with Gasteiger partial charge in [-0.05, 0) is 12.1 Å². The average molecular weight is 194 g/mol. The van der Waals surface area contributed by atoms with E-state index in [2.05, 4.69) is 4.98 Å². The van der Waals surface area contributed by atoms with Crippen molar-refractivity contribution < 1.29 is 14.3 Å². The van der Waals surface area contributed by atoms with E-state index >= 15 is 0 Å². The molecule has 2 aromatic heterocycles. The van der Waals surface area contributed by atoms with E-state index in [9.17, 15) is 9.18 Å². The van der Waals surface area contributed by atoms with E-state index in [1.165, 1.54) is 22.9 Å². The molecule has 2 heterocycles. The molecule has 1 N–H and O–H groups in total. The van der Waals surface area contributed by atoms with Gasteiger partial charge in [-0.25, -0.2) is 9.37 Å². The van der Waals surface area contributed by atoms with Crippen molar-refractivity contribution in [1.29, 1.82) is 0 Å². The molecular formula is C9H7FN2O2. The van der Waals surface area contributed by atoms with E-state index in [1.807, 2.05) is 0 Å². The summed E-state index contributed by atoms with van der Waals surface area (Å²) in [5.74, 6) is -1.07. The number of hydrogen-bond donors (Lipinski definition) is 1. The van der Waals surface area contributed by atoms with Crippen LogP contribution in [0.2, 0.25) is 0 Å². The zero-order valence-electron chi connectivity index (χ0n) is 7.14. The molecule has 0 bridgehead atoms. The second-order valence-electron chi connectivity index (χ2n) is 2.89. The number of hydrogen-bond acceptors (Lipinski definition) is 2. The van der Waals surface area contributed by atoms with Crippen molar-refractivity contribution >= 4 is 11.5 Å². The fraction of sp³-hybridized carbons (Fsp3) is 0.111. The molecule has 2 rings (SSSR count). The van der Waals surface area contributed by atoms with Gasteiger partial charge in [0.1, 0.15) is 18.1 Å². The number of nitrogens with zero attached hydrogens (tertiary/aromatic N) is 2. The molecule has 5 heteroatoms. The van der Waals surface area contributed by atoms with Crippen LogP contribution in [0.15, 0.2) is 24.5 Å². The predicted octanol–water partition coefficient (Wildman–Crippen LogP) is 1.10. The molecule has 0 unspecified atom stereocenters. The highest BCUT2D eigenvalue weighted by molar-refractivity contribution is 5.69. The number of aromatic nitrogens is 2. The number of carboxylic acids is 1. The van der Waals surface area contributed by atoms with Crippen LogP contribution in [0, 0.1) is 5.82 Å². The molecule has 0 spiro atoms. The second kappa shape index (κ2) is 3.10. The van der Waals surface area contributed by atoms with Crippen molar-refractivity contribution in [1.82, 2.24) is 9.38 Å². The number of fused-ring (bicyclic) bond motifs is 1. The number of rotatable bonds is 2. The molecule has 14 heavy (non-hydrogen) atoms. The van der Waals surface area contributed by atoms with E-state index < -0.39 is 11.8 Å². The SMILES string of the molecule is O=C(O)Cc1ncc2ccc(F)cn12. The third-order valence-electron chi connectivity index (χ3n) is 1.88. The summed E-state index contributed by atoms with van der Waals surface area (Å²) in [4.78, 5) is 14.3. The maximum atomic E-state index is 12.8. The number of carboxylic acid groups (broad SMARTS) is 1. The standard InChI is InChI=1S/C9H7FN2O2/c10-6-1-2-7-4-11-8(3-9(13)14)12(7)5-6/h1-2,4-5H,3H2,(H,13,14). The number of halogens is 1. The van der Waals surface area contributed by atoms with E-state index in [1.54, 1.807) is 6.07 Å². The van der Waals surface area contributed by atoms with Crippen LogP contribution in [0.25, 0.3) is 5.52 Å². The van der Waals surface area contributed by atoms with Gasteiger partial charge >= 0.3 is 5.97 Å². The summed E-state index contributed by atoms with van der Waals surface area (Å²) in [5, 5.41) is 8.57. The Balaban J connectivity index is 2.55. The highest BCUT2D eigenvalue weighted by Gasteiger charge is 2.07. The monoisotopic (exact) mass is 194 g/mol. The lowest BCUT2D eigenvalue weighted by atomic mass is 10.4. The van der Waals surface area contributed by atoms with Gasteiger partial charge in [-0.2, -0.15) is 0 Å². The van der Waals surface area contributed by atoms with Crippen LogP contribution in [-0.2, 0) is 11.2 Å². The lowest BCUT2D eigenvalue weighted by Crippen LogP contribution is -2.04. The molecule has 0 radical (unpaired) electrons. The van der Waals surface area contributed by atoms with E-state index in [-0.39, 0.29) is 6.42 Å². The van der Waals surface area contributed by atoms with Crippen molar-refractivity contribution in [2.45, 2.75) is 6.42 Å². The first-order valence-corrected chi connectivity index (χ1v) is 4.00. The zero-order valence-corrected chi connectivity index (χ0v) is 7.14. The molecular weight excluding hydrogens is 187 g/mol. The normalized spacial score (nSPS) is 10.6. The van der Waals surface area contributed by atoms with Crippen molar-refractivity contribution in [2.75, 3.05) is 0 Å². The minimum absolute atomic E-state index is 0.211. The summed E-state index contributed by atoms with van der Waals surface area (Å²) in [6.07, 6.45) is 2.52. The second-order valence-corrected chi connectivity index (χ2v) is 2.89. The van der Waals surface area contributed by atoms with Gasteiger partial charge < -0.3 is 9.51 Å². The van der Waals surface area contributed by atoms with E-state index in [0.717, 1.165) is 0 Å². The number of aliphatic carboxylic acids is 1. The van der Waals surface area contributed by atoms with Gasteiger partial charge in [-0.15, -0.1) is 0 Å². The highest BCUT2D eigenvalue weighted by atomic mass is 19.1. The largest absolute Gasteiger partial charge is 0.481 e. The van der Waals surface area contributed by atoms with E-state index in [0.29, 0.717) is 11.3 Å². The molecule has 4 nitrogen and oxygen atoms in total. The Labute approximate surface area is 78.6 Å². The Bertz CT molecular complexity index is 493. The zero-order chi connectivity index (χ0) is 10.1. The Morgan fingerprint density at radius 2 is 2.36 bits per heavy atom. The van der Waals surface area contributed by atoms with Crippen LogP contribution >= 0.6 is 0 Å². The first kappa shape index (κ1) is 8.68. The molecule has 0 amide bonds. The molecule has 0 aliphatic rings. The molecule has 0 saturated carbocycles. The number of pyridine rings is 1. The smallest absolute Gasteiger partial charge is 0.311 e. The van der Waals surface area contributed by atoms with Gasteiger partial charge in [0, 0.05) is 6.20 Å². The molecule has 0 saturated heterocycles. The first-order chi connectivity index (χ1) is 6.66. The third kappa shape index (κ3) is 1.44. The summed E-state index contributed by atoms with van der Waals surface area (Å²) < 4.78 is 14.3. The number of imidazole rings is 1. The number of carbonyl (C=O) groups is 1. The van der Waals surface area contributed by atoms with Crippen LogP contribution in [0.3, 0.4) is 0 Å². The third-order valence-corrected chi connectivity index (χ3v) is 1.88. The van der Waals surface area contributed by atoms with Crippen molar-refractivity contribution in [3.05, 3.63) is 36.2 Å². The van der Waals surface area contributed by atoms with Gasteiger partial charge in [0.25, 0.3) is 0 Å². The Morgan fingerprint density at radius 1 is 1.57 bits per heavy atom. The lowest BCUT2D eigenvalue weighted by molar-refractivity contribution is -0.136. The topological polar surface area (TPSA) is 54.6 Å². The fourth-order valence-electron chi connectivity index (χ4n) is 1.28. The predicted molar refractivity (Wildman–Crippen MR) is 46.5 cm³/mol. The molecule has 0 aliphatic carbocycles. The van der Waals surface area contributed by atoms with Crippen LogP contribution in [0.4, 0.5) is 4.39 Å². The van der Waals surface area contributed by atoms with Gasteiger partial charge in [0.05, 0.1) is 11.7 Å². The summed E-state index contributed by atoms with van der Waals surface area (Å²) in [6.45, 7) is 0. The van der Waals surface area contributed by atoms with Gasteiger partial charge in [0.15, 0.2) is 0 Å². The highest BCUT2D eigenvalue weighted by Crippen LogP contribution is 2.08. The van der Waals surface area contributed by atoms with Gasteiger partial charge in [-0.1, -0.05) is 0 Å². The summed E-state index contributed by atoms with van der Waals surface area (Å²) >= 11 is 0. The van der Waals surface area contributed by atoms with Crippen LogP contribution in [0.5, 0.6) is 0 Å². The lowest BCUT2D eigenvalue weighted by Gasteiger charge is -1.97. The Hall–Kier alpha value is -1.91. The molecule has 0 atom stereocenters. The van der Waals surface area contributed by atoms with Crippen molar-refractivity contribution in [3.63, 3.8) is 0 Å². The Morgan fingerprint density at radius 3 is 3.07 bits per heavy atom. The van der Waals surface area contributed by atoms with Crippen LogP contribution in [0.1, 0.15) is 5.82 Å². The molecule has 0 aliphatic heterocycles. The van der Waals surface area contributed by atoms with E-state index in [4.69, 9.17) is 5.11 Å². The van der Waals surface area contributed by atoms with Gasteiger partial charge in [-0.3, -0.25) is 4.79 Å². The quantitative estimate of drug-likeness (QED) is 0.778. The van der Waals surface area contributed by atoms with Crippen LogP contribution in [-0.4, -0.2) is 20.5 Å².